The van der Waals surface area contributed by atoms with Gasteiger partial charge >= 0.3 is 5.69 Å². The van der Waals surface area contributed by atoms with E-state index in [-0.39, 0.29) is 23.0 Å². The molecular formula is C13H16N2O6S. The Hall–Kier alpha value is -2.00. The van der Waals surface area contributed by atoms with E-state index in [1.807, 2.05) is 0 Å². The van der Waals surface area contributed by atoms with Crippen molar-refractivity contribution in [2.24, 2.45) is 0 Å². The number of sulfonamides is 1. The minimum Gasteiger partial charge on any atom is -0.479 e. The van der Waals surface area contributed by atoms with Gasteiger partial charge in [0.2, 0.25) is 10.0 Å². The Morgan fingerprint density at radius 1 is 1.36 bits per heavy atom. The predicted octanol–water partition coefficient (Wildman–Crippen LogP) is 1.35. The molecule has 2 rings (SSSR count). The number of ether oxygens (including phenoxy) is 1. The summed E-state index contributed by atoms with van der Waals surface area (Å²) in [5.74, 6) is -0.413. The van der Waals surface area contributed by atoms with Crippen molar-refractivity contribution in [1.82, 2.24) is 4.31 Å². The van der Waals surface area contributed by atoms with Gasteiger partial charge in [-0.2, -0.15) is 4.31 Å². The number of Topliss-reactive ketones (excluding diaryl/α,β-unsaturated/α-hetero) is 1. The highest BCUT2D eigenvalue weighted by Gasteiger charge is 2.29. The Bertz CT molecular complexity index is 694. The molecule has 1 saturated heterocycles. The summed E-state index contributed by atoms with van der Waals surface area (Å²) in [6.07, 6.45) is 1.56. The fraction of sp³-hybridized carbons (Fsp3) is 0.462. The number of rotatable bonds is 6. The van der Waals surface area contributed by atoms with Crippen LogP contribution in [0.5, 0.6) is 5.75 Å². The summed E-state index contributed by atoms with van der Waals surface area (Å²) in [7, 11) is -3.74. The second kappa shape index (κ2) is 6.41. The molecule has 1 aliphatic rings. The maximum atomic E-state index is 12.4. The van der Waals surface area contributed by atoms with Crippen LogP contribution in [0.4, 0.5) is 5.69 Å². The minimum absolute atomic E-state index is 0.124. The van der Waals surface area contributed by atoms with Gasteiger partial charge in [-0.1, -0.05) is 0 Å². The SMILES string of the molecule is CC(=O)COc1ccc(S(=O)(=O)N2CCCC2)cc1[N+](=O)[O-]. The number of nitrogens with zero attached hydrogens (tertiary/aromatic N) is 2. The highest BCUT2D eigenvalue weighted by molar-refractivity contribution is 7.89. The number of benzene rings is 1. The monoisotopic (exact) mass is 328 g/mol. The number of ketones is 1. The molecule has 0 N–H and O–H groups in total. The van der Waals surface area contributed by atoms with E-state index in [0.29, 0.717) is 13.1 Å². The molecule has 22 heavy (non-hydrogen) atoms. The lowest BCUT2D eigenvalue weighted by atomic mass is 10.3. The zero-order valence-electron chi connectivity index (χ0n) is 12.0. The average molecular weight is 328 g/mol. The Morgan fingerprint density at radius 2 is 2.00 bits per heavy atom. The van der Waals surface area contributed by atoms with Crippen LogP contribution in [0.1, 0.15) is 19.8 Å². The van der Waals surface area contributed by atoms with E-state index >= 15 is 0 Å². The van der Waals surface area contributed by atoms with Gasteiger partial charge in [-0.05, 0) is 31.9 Å². The molecule has 0 amide bonds. The molecule has 1 fully saturated rings. The molecule has 1 aromatic carbocycles. The van der Waals surface area contributed by atoms with Gasteiger partial charge in [-0.3, -0.25) is 14.9 Å². The molecule has 0 radical (unpaired) electrons. The Kier molecular flexibility index (Phi) is 4.77. The number of nitro benzene ring substituents is 1. The van der Waals surface area contributed by atoms with Crippen LogP contribution in [0.15, 0.2) is 23.1 Å². The third-order valence-electron chi connectivity index (χ3n) is 3.26. The van der Waals surface area contributed by atoms with Gasteiger partial charge in [0.05, 0.1) is 9.82 Å². The fourth-order valence-electron chi connectivity index (χ4n) is 2.18. The first-order chi connectivity index (χ1) is 10.3. The number of nitro groups is 1. The largest absolute Gasteiger partial charge is 0.479 e. The minimum atomic E-state index is -3.74. The Labute approximate surface area is 127 Å². The van der Waals surface area contributed by atoms with Crippen LogP contribution in [0.25, 0.3) is 0 Å². The summed E-state index contributed by atoms with van der Waals surface area (Å²) in [5, 5.41) is 11.1. The van der Waals surface area contributed by atoms with Crippen molar-refractivity contribution in [2.45, 2.75) is 24.7 Å². The maximum absolute atomic E-state index is 12.4. The third-order valence-corrected chi connectivity index (χ3v) is 5.16. The van der Waals surface area contributed by atoms with E-state index in [4.69, 9.17) is 4.74 Å². The summed E-state index contributed by atoms with van der Waals surface area (Å²) < 4.78 is 31.2. The van der Waals surface area contributed by atoms with Crippen LogP contribution in [-0.2, 0) is 14.8 Å². The van der Waals surface area contributed by atoms with E-state index in [0.717, 1.165) is 18.9 Å². The molecule has 0 spiro atoms. The van der Waals surface area contributed by atoms with Gasteiger partial charge in [0, 0.05) is 19.2 Å². The molecular weight excluding hydrogens is 312 g/mol. The highest BCUT2D eigenvalue weighted by Crippen LogP contribution is 2.31. The second-order valence-electron chi connectivity index (χ2n) is 4.99. The molecule has 0 atom stereocenters. The molecule has 8 nitrogen and oxygen atoms in total. The van der Waals surface area contributed by atoms with E-state index in [1.54, 1.807) is 0 Å². The van der Waals surface area contributed by atoms with E-state index in [9.17, 15) is 23.3 Å². The molecule has 0 aromatic heterocycles. The number of hydrogen-bond donors (Lipinski definition) is 0. The summed E-state index contributed by atoms with van der Waals surface area (Å²) in [4.78, 5) is 21.1. The zero-order chi connectivity index (χ0) is 16.3. The van der Waals surface area contributed by atoms with Crippen LogP contribution in [-0.4, -0.2) is 43.1 Å². The topological polar surface area (TPSA) is 107 Å². The quantitative estimate of drug-likeness (QED) is 0.576. The van der Waals surface area contributed by atoms with Crippen molar-refractivity contribution in [2.75, 3.05) is 19.7 Å². The van der Waals surface area contributed by atoms with Gasteiger partial charge < -0.3 is 4.74 Å². The summed E-state index contributed by atoms with van der Waals surface area (Å²) in [5.41, 5.74) is -0.471. The standard InChI is InChI=1S/C13H16N2O6S/c1-10(16)9-21-13-5-4-11(8-12(13)15(17)18)22(19,20)14-6-2-3-7-14/h4-5,8H,2-3,6-7,9H2,1H3. The van der Waals surface area contributed by atoms with Crippen LogP contribution in [0.3, 0.4) is 0 Å². The first kappa shape index (κ1) is 16.4. The van der Waals surface area contributed by atoms with Gasteiger partial charge in [0.1, 0.15) is 6.61 Å². The molecule has 0 saturated carbocycles. The third kappa shape index (κ3) is 3.42. The van der Waals surface area contributed by atoms with Gasteiger partial charge in [-0.15, -0.1) is 0 Å². The van der Waals surface area contributed by atoms with Crippen LogP contribution in [0, 0.1) is 10.1 Å². The molecule has 0 unspecified atom stereocenters. The van der Waals surface area contributed by atoms with E-state index < -0.39 is 20.6 Å². The first-order valence-corrected chi connectivity index (χ1v) is 8.17. The lowest BCUT2D eigenvalue weighted by Gasteiger charge is -2.15. The van der Waals surface area contributed by atoms with Gasteiger partial charge in [0.15, 0.2) is 11.5 Å². The summed E-state index contributed by atoms with van der Waals surface area (Å²) >= 11 is 0. The summed E-state index contributed by atoms with van der Waals surface area (Å²) in [6, 6.07) is 3.45. The second-order valence-corrected chi connectivity index (χ2v) is 6.93. The van der Waals surface area contributed by atoms with Crippen LogP contribution in [0.2, 0.25) is 0 Å². The van der Waals surface area contributed by atoms with E-state index in [1.165, 1.54) is 23.4 Å². The Morgan fingerprint density at radius 3 is 2.55 bits per heavy atom. The Balaban J connectivity index is 2.36. The van der Waals surface area contributed by atoms with Crippen molar-refractivity contribution < 1.29 is 22.9 Å². The maximum Gasteiger partial charge on any atom is 0.312 e. The highest BCUT2D eigenvalue weighted by atomic mass is 32.2. The number of hydrogen-bond acceptors (Lipinski definition) is 6. The van der Waals surface area contributed by atoms with Crippen molar-refractivity contribution in [1.29, 1.82) is 0 Å². The molecule has 120 valence electrons. The van der Waals surface area contributed by atoms with Crippen molar-refractivity contribution in [3.8, 4) is 5.75 Å². The van der Waals surface area contributed by atoms with Crippen LogP contribution >= 0.6 is 0 Å². The van der Waals surface area contributed by atoms with Crippen LogP contribution < -0.4 is 4.74 Å². The lowest BCUT2D eigenvalue weighted by Crippen LogP contribution is -2.27. The fourth-order valence-corrected chi connectivity index (χ4v) is 3.72. The smallest absolute Gasteiger partial charge is 0.312 e. The number of carbonyl (C=O) groups excluding carboxylic acids is 1. The average Bonchev–Trinajstić information content (AvgIpc) is 2.99. The van der Waals surface area contributed by atoms with Crippen molar-refractivity contribution in [3.05, 3.63) is 28.3 Å². The molecule has 1 aliphatic heterocycles. The predicted molar refractivity (Wildman–Crippen MR) is 77.3 cm³/mol. The van der Waals surface area contributed by atoms with Crippen molar-refractivity contribution in [3.63, 3.8) is 0 Å². The van der Waals surface area contributed by atoms with Crippen molar-refractivity contribution >= 4 is 21.5 Å². The normalized spacial score (nSPS) is 15.7. The molecule has 9 heteroatoms. The number of carbonyl (C=O) groups is 1. The van der Waals surface area contributed by atoms with Gasteiger partial charge in [-0.25, -0.2) is 8.42 Å². The summed E-state index contributed by atoms with van der Waals surface area (Å²) in [6.45, 7) is 1.81. The lowest BCUT2D eigenvalue weighted by molar-refractivity contribution is -0.386. The molecule has 0 bridgehead atoms. The molecule has 1 heterocycles. The first-order valence-electron chi connectivity index (χ1n) is 6.73. The van der Waals surface area contributed by atoms with E-state index in [2.05, 4.69) is 0 Å². The molecule has 1 aromatic rings. The molecule has 0 aliphatic carbocycles. The zero-order valence-corrected chi connectivity index (χ0v) is 12.8. The van der Waals surface area contributed by atoms with Gasteiger partial charge in [0.25, 0.3) is 0 Å².